The van der Waals surface area contributed by atoms with Crippen molar-refractivity contribution in [2.24, 2.45) is 0 Å². The van der Waals surface area contributed by atoms with Crippen molar-refractivity contribution in [2.75, 3.05) is 0 Å². The summed E-state index contributed by atoms with van der Waals surface area (Å²) in [6.07, 6.45) is 1.51. The van der Waals surface area contributed by atoms with Gasteiger partial charge in [0.1, 0.15) is 10.3 Å². The lowest BCUT2D eigenvalue weighted by molar-refractivity contribution is 1.12. The summed E-state index contributed by atoms with van der Waals surface area (Å²) >= 11 is 8.12. The molecule has 6 heteroatoms. The lowest BCUT2D eigenvalue weighted by Gasteiger charge is -1.95. The standard InChI is InChI=1S/C9H6Br2N2OS/c1-4-5(10)2-7(15-4)8-12-3-6(11)9(14)13-8/h2-3H,1H3,(H,12,13,14). The average Bonchev–Trinajstić information content (AvgIpc) is 2.52. The number of H-pyrrole nitrogens is 1. The minimum atomic E-state index is -0.165. The Morgan fingerprint density at radius 3 is 2.67 bits per heavy atom. The highest BCUT2D eigenvalue weighted by atomic mass is 79.9. The Bertz CT molecular complexity index is 542. The van der Waals surface area contributed by atoms with Gasteiger partial charge >= 0.3 is 0 Å². The molecule has 2 aromatic heterocycles. The van der Waals surface area contributed by atoms with Gasteiger partial charge in [0.05, 0.1) is 4.88 Å². The second kappa shape index (κ2) is 4.19. The van der Waals surface area contributed by atoms with E-state index < -0.39 is 0 Å². The molecule has 0 aromatic carbocycles. The number of nitrogens with one attached hydrogen (secondary N) is 1. The molecule has 0 saturated heterocycles. The predicted molar refractivity (Wildman–Crippen MR) is 68.3 cm³/mol. The van der Waals surface area contributed by atoms with Crippen molar-refractivity contribution in [1.82, 2.24) is 9.97 Å². The van der Waals surface area contributed by atoms with Crippen LogP contribution in [0.25, 0.3) is 10.7 Å². The molecule has 0 aliphatic rings. The molecule has 15 heavy (non-hydrogen) atoms. The Morgan fingerprint density at radius 1 is 1.40 bits per heavy atom. The van der Waals surface area contributed by atoms with Gasteiger partial charge in [0.25, 0.3) is 5.56 Å². The number of aryl methyl sites for hydroxylation is 1. The molecule has 0 spiro atoms. The van der Waals surface area contributed by atoms with Crippen LogP contribution in [0.3, 0.4) is 0 Å². The number of hydrogen-bond donors (Lipinski definition) is 1. The topological polar surface area (TPSA) is 45.8 Å². The second-order valence-corrected chi connectivity index (χ2v) is 5.89. The predicted octanol–water partition coefficient (Wildman–Crippen LogP) is 3.33. The van der Waals surface area contributed by atoms with Gasteiger partial charge in [0.2, 0.25) is 0 Å². The summed E-state index contributed by atoms with van der Waals surface area (Å²) in [4.78, 5) is 20.3. The summed E-state index contributed by atoms with van der Waals surface area (Å²) in [6, 6.07) is 1.95. The van der Waals surface area contributed by atoms with Crippen LogP contribution in [-0.4, -0.2) is 9.97 Å². The van der Waals surface area contributed by atoms with E-state index in [-0.39, 0.29) is 5.56 Å². The molecule has 2 aromatic rings. The van der Waals surface area contributed by atoms with Gasteiger partial charge in [-0.25, -0.2) is 4.98 Å². The number of aromatic amines is 1. The highest BCUT2D eigenvalue weighted by Gasteiger charge is 2.08. The third kappa shape index (κ3) is 2.21. The van der Waals surface area contributed by atoms with Gasteiger partial charge in [-0.15, -0.1) is 11.3 Å². The molecule has 2 heterocycles. The van der Waals surface area contributed by atoms with Crippen molar-refractivity contribution in [3.63, 3.8) is 0 Å². The molecule has 0 fully saturated rings. The van der Waals surface area contributed by atoms with Crippen LogP contribution < -0.4 is 5.56 Å². The Kier molecular flexibility index (Phi) is 3.08. The van der Waals surface area contributed by atoms with Gasteiger partial charge < -0.3 is 4.98 Å². The first-order chi connectivity index (χ1) is 7.08. The summed E-state index contributed by atoms with van der Waals surface area (Å²) < 4.78 is 1.48. The second-order valence-electron chi connectivity index (χ2n) is 2.92. The van der Waals surface area contributed by atoms with Crippen LogP contribution >= 0.6 is 43.2 Å². The van der Waals surface area contributed by atoms with Crippen molar-refractivity contribution in [3.05, 3.63) is 36.4 Å². The summed E-state index contributed by atoms with van der Waals surface area (Å²) in [5.41, 5.74) is -0.165. The molecule has 78 valence electrons. The van der Waals surface area contributed by atoms with Gasteiger partial charge in [-0.1, -0.05) is 0 Å². The fourth-order valence-electron chi connectivity index (χ4n) is 1.08. The highest BCUT2D eigenvalue weighted by Crippen LogP contribution is 2.31. The molecule has 0 bridgehead atoms. The van der Waals surface area contributed by atoms with E-state index in [0.29, 0.717) is 10.3 Å². The Morgan fingerprint density at radius 2 is 2.13 bits per heavy atom. The third-order valence-electron chi connectivity index (χ3n) is 1.85. The zero-order valence-corrected chi connectivity index (χ0v) is 11.7. The molecule has 0 unspecified atom stereocenters. The Hall–Kier alpha value is -0.460. The lowest BCUT2D eigenvalue weighted by atomic mass is 10.4. The first-order valence-corrected chi connectivity index (χ1v) is 6.49. The van der Waals surface area contributed by atoms with E-state index in [1.807, 2.05) is 13.0 Å². The molecule has 0 radical (unpaired) electrons. The van der Waals surface area contributed by atoms with E-state index in [2.05, 4.69) is 41.8 Å². The van der Waals surface area contributed by atoms with E-state index in [9.17, 15) is 4.79 Å². The van der Waals surface area contributed by atoms with E-state index in [4.69, 9.17) is 0 Å². The maximum atomic E-state index is 11.4. The van der Waals surface area contributed by atoms with Crippen molar-refractivity contribution in [1.29, 1.82) is 0 Å². The van der Waals surface area contributed by atoms with Crippen molar-refractivity contribution >= 4 is 43.2 Å². The fraction of sp³-hybridized carbons (Fsp3) is 0.111. The van der Waals surface area contributed by atoms with Crippen LogP contribution in [0.2, 0.25) is 0 Å². The van der Waals surface area contributed by atoms with E-state index in [0.717, 1.165) is 14.2 Å². The maximum absolute atomic E-state index is 11.4. The van der Waals surface area contributed by atoms with Gasteiger partial charge in [0, 0.05) is 15.5 Å². The number of rotatable bonds is 1. The molecule has 0 aliphatic carbocycles. The molecular formula is C9H6Br2N2OS. The molecule has 0 atom stereocenters. The number of aromatic nitrogens is 2. The Labute approximate surface area is 107 Å². The normalized spacial score (nSPS) is 10.6. The molecule has 2 rings (SSSR count). The van der Waals surface area contributed by atoms with Gasteiger partial charge in [-0.3, -0.25) is 4.79 Å². The summed E-state index contributed by atoms with van der Waals surface area (Å²) in [5, 5.41) is 0. The van der Waals surface area contributed by atoms with Crippen LogP contribution in [-0.2, 0) is 0 Å². The average molecular weight is 350 g/mol. The lowest BCUT2D eigenvalue weighted by Crippen LogP contribution is -2.08. The first kappa shape index (κ1) is 11.0. The van der Waals surface area contributed by atoms with E-state index >= 15 is 0 Å². The zero-order chi connectivity index (χ0) is 11.0. The van der Waals surface area contributed by atoms with Crippen molar-refractivity contribution < 1.29 is 0 Å². The minimum absolute atomic E-state index is 0.165. The smallest absolute Gasteiger partial charge is 0.265 e. The fourth-order valence-corrected chi connectivity index (χ4v) is 2.77. The molecule has 3 nitrogen and oxygen atoms in total. The number of thiophene rings is 1. The molecule has 0 saturated carbocycles. The van der Waals surface area contributed by atoms with E-state index in [1.165, 1.54) is 6.20 Å². The monoisotopic (exact) mass is 348 g/mol. The van der Waals surface area contributed by atoms with E-state index in [1.54, 1.807) is 11.3 Å². The van der Waals surface area contributed by atoms with Crippen LogP contribution in [0.15, 0.2) is 26.0 Å². The van der Waals surface area contributed by atoms with Crippen LogP contribution in [0.4, 0.5) is 0 Å². The molecular weight excluding hydrogens is 344 g/mol. The minimum Gasteiger partial charge on any atom is -0.305 e. The summed E-state index contributed by atoms with van der Waals surface area (Å²) in [5.74, 6) is 0.599. The first-order valence-electron chi connectivity index (χ1n) is 4.09. The van der Waals surface area contributed by atoms with Crippen LogP contribution in [0.1, 0.15) is 4.88 Å². The largest absolute Gasteiger partial charge is 0.305 e. The third-order valence-corrected chi connectivity index (χ3v) is 4.55. The number of nitrogens with zero attached hydrogens (tertiary/aromatic N) is 1. The maximum Gasteiger partial charge on any atom is 0.265 e. The SMILES string of the molecule is Cc1sc(-c2ncc(Br)c(=O)[nH]2)cc1Br. The Balaban J connectivity index is 2.54. The molecule has 0 aliphatic heterocycles. The zero-order valence-electron chi connectivity index (χ0n) is 7.67. The highest BCUT2D eigenvalue weighted by molar-refractivity contribution is 9.10. The summed E-state index contributed by atoms with van der Waals surface area (Å²) in [6.45, 7) is 2.01. The van der Waals surface area contributed by atoms with Crippen molar-refractivity contribution in [2.45, 2.75) is 6.92 Å². The van der Waals surface area contributed by atoms with Crippen LogP contribution in [0, 0.1) is 6.92 Å². The summed E-state index contributed by atoms with van der Waals surface area (Å²) in [7, 11) is 0. The quantitative estimate of drug-likeness (QED) is 0.858. The van der Waals surface area contributed by atoms with Gasteiger partial charge in [0.15, 0.2) is 0 Å². The van der Waals surface area contributed by atoms with Gasteiger partial charge in [-0.05, 0) is 44.8 Å². The van der Waals surface area contributed by atoms with Gasteiger partial charge in [-0.2, -0.15) is 0 Å². The molecule has 1 N–H and O–H groups in total. The van der Waals surface area contributed by atoms with Crippen molar-refractivity contribution in [3.8, 4) is 10.7 Å². The molecule has 0 amide bonds. The van der Waals surface area contributed by atoms with Crippen LogP contribution in [0.5, 0.6) is 0 Å². The number of hydrogen-bond acceptors (Lipinski definition) is 3. The number of halogens is 2.